The highest BCUT2D eigenvalue weighted by atomic mass is 32.2. The fourth-order valence-corrected chi connectivity index (χ4v) is 5.31. The largest absolute Gasteiger partial charge is 0.324 e. The molecule has 2 aromatic rings. The third kappa shape index (κ3) is 5.85. The molecule has 1 aliphatic heterocycles. The van der Waals surface area contributed by atoms with E-state index in [4.69, 9.17) is 0 Å². The van der Waals surface area contributed by atoms with Crippen LogP contribution >= 0.6 is 11.3 Å². The first-order chi connectivity index (χ1) is 13.9. The number of rotatable bonds is 7. The van der Waals surface area contributed by atoms with Gasteiger partial charge in [-0.1, -0.05) is 12.8 Å². The van der Waals surface area contributed by atoms with Gasteiger partial charge in [-0.25, -0.2) is 17.5 Å². The van der Waals surface area contributed by atoms with Crippen molar-refractivity contribution in [1.29, 1.82) is 0 Å². The van der Waals surface area contributed by atoms with E-state index in [2.05, 4.69) is 14.9 Å². The summed E-state index contributed by atoms with van der Waals surface area (Å²) in [6, 6.07) is 5.45. The normalized spacial score (nSPS) is 16.9. The van der Waals surface area contributed by atoms with Gasteiger partial charge in [0.1, 0.15) is 5.82 Å². The molecule has 1 amide bonds. The van der Waals surface area contributed by atoms with Gasteiger partial charge in [0.25, 0.3) is 0 Å². The van der Waals surface area contributed by atoms with Crippen molar-refractivity contribution in [2.75, 3.05) is 25.0 Å². The molecule has 0 spiro atoms. The molecule has 1 unspecified atom stereocenters. The summed E-state index contributed by atoms with van der Waals surface area (Å²) >= 11 is 1.59. The number of hydrogen-bond acceptors (Lipinski definition) is 5. The lowest BCUT2D eigenvalue weighted by atomic mass is 10.1. The second-order valence-electron chi connectivity index (χ2n) is 7.20. The minimum atomic E-state index is -3.89. The maximum Gasteiger partial charge on any atom is 0.240 e. The van der Waals surface area contributed by atoms with E-state index in [1.165, 1.54) is 31.9 Å². The Morgan fingerprint density at radius 3 is 2.52 bits per heavy atom. The van der Waals surface area contributed by atoms with E-state index < -0.39 is 21.7 Å². The number of carbonyl (C=O) groups is 1. The average Bonchev–Trinajstić information content (AvgIpc) is 3.06. The minimum Gasteiger partial charge on any atom is -0.324 e. The van der Waals surface area contributed by atoms with Gasteiger partial charge in [0.2, 0.25) is 15.9 Å². The molecular weight excluding hydrogens is 413 g/mol. The maximum absolute atomic E-state index is 14.2. The van der Waals surface area contributed by atoms with Gasteiger partial charge in [-0.15, -0.1) is 0 Å². The molecule has 29 heavy (non-hydrogen) atoms. The van der Waals surface area contributed by atoms with Crippen molar-refractivity contribution < 1.29 is 17.6 Å². The minimum absolute atomic E-state index is 0.0443. The highest BCUT2D eigenvalue weighted by molar-refractivity contribution is 7.89. The van der Waals surface area contributed by atoms with Crippen LogP contribution in [0, 0.1) is 5.82 Å². The number of nitrogens with one attached hydrogen (secondary N) is 2. The molecule has 1 saturated heterocycles. The summed E-state index contributed by atoms with van der Waals surface area (Å²) in [5, 5.41) is 6.37. The van der Waals surface area contributed by atoms with Crippen LogP contribution in [0.3, 0.4) is 0 Å². The summed E-state index contributed by atoms with van der Waals surface area (Å²) in [5.41, 5.74) is 1.05. The molecule has 1 atom stereocenters. The SMILES string of the molecule is CC(=O)Nc1ccc(S(=O)(=O)NCC(c2ccsc2)N2CCCCCC2)cc1F. The zero-order valence-corrected chi connectivity index (χ0v) is 18.0. The molecule has 9 heteroatoms. The summed E-state index contributed by atoms with van der Waals surface area (Å²) in [7, 11) is -3.89. The smallest absolute Gasteiger partial charge is 0.240 e. The Hall–Kier alpha value is -1.81. The first-order valence-electron chi connectivity index (χ1n) is 9.70. The highest BCUT2D eigenvalue weighted by Crippen LogP contribution is 2.26. The Balaban J connectivity index is 1.75. The molecule has 2 heterocycles. The Morgan fingerprint density at radius 2 is 1.93 bits per heavy atom. The number of halogens is 1. The van der Waals surface area contributed by atoms with Crippen LogP contribution in [0.2, 0.25) is 0 Å². The first-order valence-corrected chi connectivity index (χ1v) is 12.1. The molecule has 2 N–H and O–H groups in total. The molecule has 1 aromatic heterocycles. The van der Waals surface area contributed by atoms with Gasteiger partial charge in [-0.2, -0.15) is 11.3 Å². The predicted molar refractivity (Wildman–Crippen MR) is 113 cm³/mol. The van der Waals surface area contributed by atoms with Crippen LogP contribution in [0.4, 0.5) is 10.1 Å². The molecule has 0 aliphatic carbocycles. The van der Waals surface area contributed by atoms with Crippen LogP contribution < -0.4 is 10.0 Å². The Kier molecular flexibility index (Phi) is 7.39. The zero-order valence-electron chi connectivity index (χ0n) is 16.4. The summed E-state index contributed by atoms with van der Waals surface area (Å²) in [6.45, 7) is 3.35. The van der Waals surface area contributed by atoms with E-state index in [-0.39, 0.29) is 23.2 Å². The topological polar surface area (TPSA) is 78.5 Å². The number of sulfonamides is 1. The molecule has 1 aromatic carbocycles. The van der Waals surface area contributed by atoms with Crippen LogP contribution in [0.1, 0.15) is 44.2 Å². The Labute approximate surface area is 175 Å². The van der Waals surface area contributed by atoms with Gasteiger partial charge in [-0.3, -0.25) is 9.69 Å². The van der Waals surface area contributed by atoms with Crippen LogP contribution in [0.5, 0.6) is 0 Å². The van der Waals surface area contributed by atoms with E-state index in [9.17, 15) is 17.6 Å². The first kappa shape index (κ1) is 21.9. The Bertz CT molecular complexity index is 924. The van der Waals surface area contributed by atoms with Gasteiger partial charge in [0, 0.05) is 19.5 Å². The predicted octanol–water partition coefficient (Wildman–Crippen LogP) is 3.74. The van der Waals surface area contributed by atoms with Gasteiger partial charge in [0.15, 0.2) is 0 Å². The van der Waals surface area contributed by atoms with Crippen LogP contribution in [0.15, 0.2) is 39.9 Å². The molecule has 158 valence electrons. The van der Waals surface area contributed by atoms with Crippen molar-refractivity contribution >= 4 is 33.0 Å². The third-order valence-electron chi connectivity index (χ3n) is 5.04. The molecule has 1 fully saturated rings. The van der Waals surface area contributed by atoms with Crippen LogP contribution in [0.25, 0.3) is 0 Å². The van der Waals surface area contributed by atoms with Gasteiger partial charge >= 0.3 is 0 Å². The van der Waals surface area contributed by atoms with Crippen molar-refractivity contribution in [1.82, 2.24) is 9.62 Å². The lowest BCUT2D eigenvalue weighted by Crippen LogP contribution is -2.38. The van der Waals surface area contributed by atoms with E-state index in [1.807, 2.05) is 16.8 Å². The third-order valence-corrected chi connectivity index (χ3v) is 7.16. The molecule has 0 bridgehead atoms. The quantitative estimate of drug-likeness (QED) is 0.689. The van der Waals surface area contributed by atoms with Gasteiger partial charge < -0.3 is 5.32 Å². The van der Waals surface area contributed by atoms with Gasteiger partial charge in [-0.05, 0) is 66.5 Å². The van der Waals surface area contributed by atoms with E-state index >= 15 is 0 Å². The molecule has 6 nitrogen and oxygen atoms in total. The molecular formula is C20H26FN3O3S2. The fraction of sp³-hybridized carbons (Fsp3) is 0.450. The van der Waals surface area contributed by atoms with Crippen molar-refractivity contribution in [3.63, 3.8) is 0 Å². The molecule has 1 aliphatic rings. The molecule has 0 radical (unpaired) electrons. The number of anilines is 1. The van der Waals surface area contributed by atoms with Crippen LogP contribution in [-0.4, -0.2) is 38.9 Å². The lowest BCUT2D eigenvalue weighted by Gasteiger charge is -2.30. The average molecular weight is 440 g/mol. The summed E-state index contributed by atoms with van der Waals surface area (Å²) in [4.78, 5) is 13.3. The number of carbonyl (C=O) groups excluding carboxylic acids is 1. The van der Waals surface area contributed by atoms with E-state index in [1.54, 1.807) is 11.3 Å². The second kappa shape index (κ2) is 9.80. The van der Waals surface area contributed by atoms with Crippen LogP contribution in [-0.2, 0) is 14.8 Å². The number of likely N-dealkylation sites (tertiary alicyclic amines) is 1. The molecule has 0 saturated carbocycles. The number of amides is 1. The van der Waals surface area contributed by atoms with E-state index in [0.29, 0.717) is 0 Å². The summed E-state index contributed by atoms with van der Waals surface area (Å²) in [6.07, 6.45) is 4.59. The lowest BCUT2D eigenvalue weighted by molar-refractivity contribution is -0.114. The monoisotopic (exact) mass is 439 g/mol. The molecule has 3 rings (SSSR count). The maximum atomic E-state index is 14.2. The van der Waals surface area contributed by atoms with Crippen molar-refractivity contribution in [3.8, 4) is 0 Å². The van der Waals surface area contributed by atoms with Crippen molar-refractivity contribution in [3.05, 3.63) is 46.4 Å². The van der Waals surface area contributed by atoms with Crippen molar-refractivity contribution in [2.45, 2.75) is 43.5 Å². The number of hydrogen-bond donors (Lipinski definition) is 2. The Morgan fingerprint density at radius 1 is 1.21 bits per heavy atom. The summed E-state index contributed by atoms with van der Waals surface area (Å²) in [5.74, 6) is -1.21. The zero-order chi connectivity index (χ0) is 20.9. The number of nitrogens with zero attached hydrogens (tertiary/aromatic N) is 1. The second-order valence-corrected chi connectivity index (χ2v) is 9.74. The summed E-state index contributed by atoms with van der Waals surface area (Å²) < 4.78 is 42.4. The number of benzene rings is 1. The van der Waals surface area contributed by atoms with E-state index in [0.717, 1.165) is 37.6 Å². The fourth-order valence-electron chi connectivity index (χ4n) is 3.56. The standard InChI is InChI=1S/C20H26FN3O3S2/c1-15(25)23-19-7-6-17(12-18(19)21)29(26,27)22-13-20(16-8-11-28-14-16)24-9-4-2-3-5-10-24/h6-8,11-12,14,20,22H,2-5,9-10,13H2,1H3,(H,23,25). The number of thiophene rings is 1. The van der Waals surface area contributed by atoms with Crippen molar-refractivity contribution in [2.24, 2.45) is 0 Å². The highest BCUT2D eigenvalue weighted by Gasteiger charge is 2.25. The van der Waals surface area contributed by atoms with Gasteiger partial charge in [0.05, 0.1) is 10.6 Å².